The van der Waals surface area contributed by atoms with Crippen molar-refractivity contribution < 1.29 is 9.47 Å². The molecule has 7 heteroatoms. The number of H-pyrrole nitrogens is 1. The number of nitrogens with one attached hydrogen (secondary N) is 3. The Balaban J connectivity index is 1.54. The Bertz CT molecular complexity index is 1320. The van der Waals surface area contributed by atoms with Crippen LogP contribution in [0.3, 0.4) is 0 Å². The molecule has 0 atom stereocenters. The van der Waals surface area contributed by atoms with Gasteiger partial charge < -0.3 is 25.1 Å². The third-order valence-electron chi connectivity index (χ3n) is 5.97. The number of nitrogens with zero attached hydrogens (tertiary/aromatic N) is 2. The van der Waals surface area contributed by atoms with Gasteiger partial charge in [0.05, 0.1) is 17.9 Å². The number of hydrogen-bond acceptors (Lipinski definition) is 6. The highest BCUT2D eigenvalue weighted by Gasteiger charge is 2.16. The molecule has 4 rings (SSSR count). The predicted octanol–water partition coefficient (Wildman–Crippen LogP) is 5.47. The van der Waals surface area contributed by atoms with E-state index in [0.717, 1.165) is 70.1 Å². The number of aromatic amines is 1. The van der Waals surface area contributed by atoms with Crippen molar-refractivity contribution in [1.29, 1.82) is 5.26 Å². The number of rotatable bonds is 11. The molecule has 0 amide bonds. The summed E-state index contributed by atoms with van der Waals surface area (Å²) in [6.07, 6.45) is 3.56. The first-order chi connectivity index (χ1) is 17.1. The maximum absolute atomic E-state index is 9.83. The molecule has 0 saturated carbocycles. The molecule has 0 aliphatic heterocycles. The summed E-state index contributed by atoms with van der Waals surface area (Å²) in [7, 11) is 0. The lowest BCUT2D eigenvalue weighted by molar-refractivity contribution is 0.148. The van der Waals surface area contributed by atoms with E-state index in [1.807, 2.05) is 56.4 Å². The lowest BCUT2D eigenvalue weighted by Crippen LogP contribution is -2.24. The zero-order chi connectivity index (χ0) is 24.6. The van der Waals surface area contributed by atoms with E-state index in [9.17, 15) is 5.26 Å². The Labute approximate surface area is 206 Å². The van der Waals surface area contributed by atoms with E-state index in [4.69, 9.17) is 9.47 Å². The van der Waals surface area contributed by atoms with Crippen molar-refractivity contribution in [1.82, 2.24) is 15.3 Å². The van der Waals surface area contributed by atoms with Crippen molar-refractivity contribution in [2.75, 3.05) is 38.2 Å². The first-order valence-electron chi connectivity index (χ1n) is 11.9. The second-order valence-corrected chi connectivity index (χ2v) is 8.24. The molecule has 4 aromatic rings. The molecule has 2 heterocycles. The quantitative estimate of drug-likeness (QED) is 0.252. The molecule has 35 heavy (non-hydrogen) atoms. The molecule has 0 aliphatic carbocycles. The number of aromatic nitrogens is 2. The summed E-state index contributed by atoms with van der Waals surface area (Å²) >= 11 is 0. The summed E-state index contributed by atoms with van der Waals surface area (Å²) in [6, 6.07) is 16.4. The molecule has 0 fully saturated rings. The van der Waals surface area contributed by atoms with Crippen LogP contribution in [0.5, 0.6) is 5.75 Å². The SMILES string of the molecule is CCOCCNCCOc1ccc(-c2c(C)ncc(C#N)c2Nc2ccc3[nH]ccc3c2C)cc1. The molecule has 0 bridgehead atoms. The number of fused-ring (bicyclic) bond motifs is 1. The second kappa shape index (κ2) is 11.5. The topological polar surface area (TPSA) is 95.0 Å². The summed E-state index contributed by atoms with van der Waals surface area (Å²) in [5.74, 6) is 0.797. The molecule has 2 aromatic carbocycles. The minimum atomic E-state index is 0.498. The molecule has 3 N–H and O–H groups in total. The Morgan fingerprint density at radius 1 is 1.03 bits per heavy atom. The number of anilines is 2. The fourth-order valence-corrected chi connectivity index (χ4v) is 4.10. The Morgan fingerprint density at radius 2 is 1.83 bits per heavy atom. The van der Waals surface area contributed by atoms with E-state index in [1.54, 1.807) is 6.20 Å². The fourth-order valence-electron chi connectivity index (χ4n) is 4.10. The normalized spacial score (nSPS) is 10.9. The average Bonchev–Trinajstić information content (AvgIpc) is 3.36. The van der Waals surface area contributed by atoms with Crippen LogP contribution in [0.15, 0.2) is 54.9 Å². The van der Waals surface area contributed by atoms with Crippen molar-refractivity contribution in [2.24, 2.45) is 0 Å². The number of aryl methyl sites for hydroxylation is 2. The molecular formula is C28H31N5O2. The van der Waals surface area contributed by atoms with Crippen LogP contribution in [0.4, 0.5) is 11.4 Å². The van der Waals surface area contributed by atoms with Crippen LogP contribution in [0, 0.1) is 25.2 Å². The highest BCUT2D eigenvalue weighted by atomic mass is 16.5. The molecular weight excluding hydrogens is 438 g/mol. The first kappa shape index (κ1) is 24.3. The van der Waals surface area contributed by atoms with Crippen molar-refractivity contribution in [3.63, 3.8) is 0 Å². The molecule has 0 spiro atoms. The third kappa shape index (κ3) is 5.62. The number of hydrogen-bond donors (Lipinski definition) is 3. The van der Waals surface area contributed by atoms with Gasteiger partial charge in [0.1, 0.15) is 18.4 Å². The number of benzene rings is 2. The Morgan fingerprint density at radius 3 is 2.60 bits per heavy atom. The van der Waals surface area contributed by atoms with Crippen LogP contribution < -0.4 is 15.4 Å². The summed E-state index contributed by atoms with van der Waals surface area (Å²) in [4.78, 5) is 7.73. The molecule has 7 nitrogen and oxygen atoms in total. The Hall–Kier alpha value is -3.86. The van der Waals surface area contributed by atoms with Gasteiger partial charge in [-0.05, 0) is 62.2 Å². The van der Waals surface area contributed by atoms with E-state index in [1.165, 1.54) is 0 Å². The molecule has 180 valence electrons. The molecule has 2 aromatic heterocycles. The van der Waals surface area contributed by atoms with E-state index in [-0.39, 0.29) is 0 Å². The van der Waals surface area contributed by atoms with Gasteiger partial charge in [-0.15, -0.1) is 0 Å². The first-order valence-corrected chi connectivity index (χ1v) is 11.9. The van der Waals surface area contributed by atoms with Gasteiger partial charge in [-0.2, -0.15) is 5.26 Å². The van der Waals surface area contributed by atoms with Gasteiger partial charge in [0.25, 0.3) is 0 Å². The van der Waals surface area contributed by atoms with E-state index in [2.05, 4.69) is 39.7 Å². The zero-order valence-electron chi connectivity index (χ0n) is 20.4. The fraction of sp³-hybridized carbons (Fsp3) is 0.286. The van der Waals surface area contributed by atoms with Crippen LogP contribution in [0.2, 0.25) is 0 Å². The molecule has 0 saturated heterocycles. The Kier molecular flexibility index (Phi) is 7.99. The van der Waals surface area contributed by atoms with Gasteiger partial charge in [-0.3, -0.25) is 4.98 Å². The number of ether oxygens (including phenoxy) is 2. The second-order valence-electron chi connectivity index (χ2n) is 8.24. The van der Waals surface area contributed by atoms with E-state index >= 15 is 0 Å². The highest BCUT2D eigenvalue weighted by Crippen LogP contribution is 2.37. The van der Waals surface area contributed by atoms with Crippen molar-refractivity contribution in [3.05, 3.63) is 71.7 Å². The van der Waals surface area contributed by atoms with Crippen LogP contribution in [-0.4, -0.2) is 42.9 Å². The maximum Gasteiger partial charge on any atom is 0.119 e. The summed E-state index contributed by atoms with van der Waals surface area (Å²) < 4.78 is 11.2. The lowest BCUT2D eigenvalue weighted by Gasteiger charge is -2.18. The predicted molar refractivity (Wildman–Crippen MR) is 140 cm³/mol. The number of pyridine rings is 1. The van der Waals surface area contributed by atoms with Gasteiger partial charge in [0.2, 0.25) is 0 Å². The van der Waals surface area contributed by atoms with Crippen LogP contribution in [-0.2, 0) is 4.74 Å². The average molecular weight is 470 g/mol. The summed E-state index contributed by atoms with van der Waals surface area (Å²) in [5, 5.41) is 17.8. The van der Waals surface area contributed by atoms with E-state index < -0.39 is 0 Å². The molecule has 0 unspecified atom stereocenters. The van der Waals surface area contributed by atoms with Crippen molar-refractivity contribution >= 4 is 22.3 Å². The van der Waals surface area contributed by atoms with E-state index in [0.29, 0.717) is 18.8 Å². The van der Waals surface area contributed by atoms with Crippen molar-refractivity contribution in [2.45, 2.75) is 20.8 Å². The van der Waals surface area contributed by atoms with Crippen LogP contribution in [0.1, 0.15) is 23.7 Å². The molecule has 0 aliphatic rings. The minimum Gasteiger partial charge on any atom is -0.492 e. The van der Waals surface area contributed by atoms with Crippen LogP contribution in [0.25, 0.3) is 22.0 Å². The van der Waals surface area contributed by atoms with Gasteiger partial charge in [-0.1, -0.05) is 12.1 Å². The standard InChI is InChI=1S/C28H31N5O2/c1-4-34-15-13-30-14-16-35-23-7-5-21(6-8-23)27-20(3)32-18-22(17-29)28(27)33-25-9-10-26-24(19(25)2)11-12-31-26/h5-12,18,30-31H,4,13-16H2,1-3H3,(H,32,33). The maximum atomic E-state index is 9.83. The summed E-state index contributed by atoms with van der Waals surface area (Å²) in [6.45, 7) is 9.60. The highest BCUT2D eigenvalue weighted by molar-refractivity contribution is 5.92. The smallest absolute Gasteiger partial charge is 0.119 e. The third-order valence-corrected chi connectivity index (χ3v) is 5.97. The number of nitriles is 1. The van der Waals surface area contributed by atoms with Gasteiger partial charge >= 0.3 is 0 Å². The minimum absolute atomic E-state index is 0.498. The lowest BCUT2D eigenvalue weighted by atomic mass is 9.99. The summed E-state index contributed by atoms with van der Waals surface area (Å²) in [5.41, 5.74) is 7.13. The monoisotopic (exact) mass is 469 g/mol. The molecule has 0 radical (unpaired) electrons. The van der Waals surface area contributed by atoms with Crippen molar-refractivity contribution in [3.8, 4) is 22.9 Å². The largest absolute Gasteiger partial charge is 0.492 e. The zero-order valence-corrected chi connectivity index (χ0v) is 20.4. The van der Waals surface area contributed by atoms with Gasteiger partial charge in [0.15, 0.2) is 0 Å². The van der Waals surface area contributed by atoms with Gasteiger partial charge in [-0.25, -0.2) is 0 Å². The van der Waals surface area contributed by atoms with Crippen LogP contribution >= 0.6 is 0 Å². The van der Waals surface area contributed by atoms with Gasteiger partial charge in [0, 0.05) is 59.9 Å².